The maximum atomic E-state index is 10.5. The van der Waals surface area contributed by atoms with Gasteiger partial charge in [-0.2, -0.15) is 0 Å². The zero-order valence-corrected chi connectivity index (χ0v) is 8.31. The molecular formula is C10H17N3O. The van der Waals surface area contributed by atoms with Gasteiger partial charge in [-0.3, -0.25) is 5.43 Å². The van der Waals surface area contributed by atoms with Gasteiger partial charge in [0.1, 0.15) is 0 Å². The molecule has 1 saturated carbocycles. The fourth-order valence-electron chi connectivity index (χ4n) is 2.49. The summed E-state index contributed by atoms with van der Waals surface area (Å²) in [6, 6.07) is -0.518. The van der Waals surface area contributed by atoms with Crippen LogP contribution in [0.2, 0.25) is 0 Å². The van der Waals surface area contributed by atoms with E-state index in [0.29, 0.717) is 0 Å². The van der Waals surface area contributed by atoms with Crippen LogP contribution < -0.4 is 16.6 Å². The number of amides is 2. The molecule has 1 fully saturated rings. The average Bonchev–Trinajstić information content (AvgIpc) is 2.17. The molecule has 4 heteroatoms. The number of hydrogen-bond donors (Lipinski definition) is 3. The Hall–Kier alpha value is -1.19. The number of carbonyl (C=O) groups excluding carboxylic acids is 1. The summed E-state index contributed by atoms with van der Waals surface area (Å²) in [5, 5.41) is 0. The third kappa shape index (κ3) is 2.00. The summed E-state index contributed by atoms with van der Waals surface area (Å²) in [7, 11) is 0. The van der Waals surface area contributed by atoms with Crippen molar-refractivity contribution < 1.29 is 4.79 Å². The minimum Gasteiger partial charge on any atom is -0.350 e. The van der Waals surface area contributed by atoms with Gasteiger partial charge in [-0.25, -0.2) is 4.79 Å². The fraction of sp³-hybridized carbons (Fsp3) is 0.700. The molecule has 0 aromatic carbocycles. The minimum absolute atomic E-state index is 0.518. The normalized spacial score (nSPS) is 25.9. The minimum atomic E-state index is -0.518. The fourth-order valence-corrected chi connectivity index (χ4v) is 2.49. The van der Waals surface area contributed by atoms with Crippen LogP contribution in [-0.4, -0.2) is 6.03 Å². The number of allylic oxidation sites excluding steroid dienone is 2. The molecule has 1 atom stereocenters. The number of hydrazine groups is 1. The molecule has 2 rings (SSSR count). The highest BCUT2D eigenvalue weighted by Gasteiger charge is 2.24. The summed E-state index contributed by atoms with van der Waals surface area (Å²) in [6.07, 6.45) is 7.36. The van der Waals surface area contributed by atoms with E-state index in [4.69, 9.17) is 5.73 Å². The smallest absolute Gasteiger partial charge is 0.330 e. The number of carbonyl (C=O) groups is 1. The first kappa shape index (κ1) is 9.37. The molecule has 1 unspecified atom stereocenters. The molecule has 2 aliphatic carbocycles. The predicted octanol–water partition coefficient (Wildman–Crippen LogP) is 1.40. The average molecular weight is 195 g/mol. The molecule has 0 aliphatic heterocycles. The van der Waals surface area contributed by atoms with Crippen molar-refractivity contribution in [3.8, 4) is 0 Å². The van der Waals surface area contributed by atoms with Crippen LogP contribution in [0.1, 0.15) is 38.5 Å². The Bertz CT molecular complexity index is 273. The number of fused-ring (bicyclic) bond motifs is 2. The molecule has 0 radical (unpaired) electrons. The van der Waals surface area contributed by atoms with Gasteiger partial charge in [0.25, 0.3) is 0 Å². The lowest BCUT2D eigenvalue weighted by Gasteiger charge is -2.32. The Morgan fingerprint density at radius 1 is 1.36 bits per heavy atom. The number of nitrogens with two attached hydrogens (primary N) is 1. The molecule has 0 aromatic rings. The summed E-state index contributed by atoms with van der Waals surface area (Å²) in [5.41, 5.74) is 13.1. The molecule has 0 aromatic heterocycles. The van der Waals surface area contributed by atoms with Gasteiger partial charge in [0.2, 0.25) is 0 Å². The number of nitrogens with one attached hydrogen (secondary N) is 2. The molecule has 4 N–H and O–H groups in total. The first-order chi connectivity index (χ1) is 6.75. The lowest BCUT2D eigenvalue weighted by atomic mass is 9.77. The summed E-state index contributed by atoms with van der Waals surface area (Å²) in [5.74, 6) is 0.887. The molecular weight excluding hydrogens is 178 g/mol. The summed E-state index contributed by atoms with van der Waals surface area (Å²) in [6.45, 7) is 0. The van der Waals surface area contributed by atoms with Crippen LogP contribution in [0, 0.1) is 5.92 Å². The summed E-state index contributed by atoms with van der Waals surface area (Å²) < 4.78 is 0. The van der Waals surface area contributed by atoms with Gasteiger partial charge in [0, 0.05) is 5.70 Å². The standard InChI is InChI=1S/C10H17N3O/c11-10(14)13-12-9-5-4-7-2-1-3-8(9)6-7/h7,12H,1-6H2,(H3,11,13,14). The van der Waals surface area contributed by atoms with Crippen molar-refractivity contribution in [3.05, 3.63) is 11.3 Å². The Morgan fingerprint density at radius 2 is 2.21 bits per heavy atom. The lowest BCUT2D eigenvalue weighted by molar-refractivity contribution is 0.245. The Balaban J connectivity index is 1.98. The van der Waals surface area contributed by atoms with Crippen molar-refractivity contribution in [2.24, 2.45) is 11.7 Å². The van der Waals surface area contributed by atoms with Crippen LogP contribution in [0.4, 0.5) is 4.79 Å². The first-order valence-electron chi connectivity index (χ1n) is 5.28. The summed E-state index contributed by atoms with van der Waals surface area (Å²) in [4.78, 5) is 10.5. The molecule has 2 aliphatic rings. The molecule has 14 heavy (non-hydrogen) atoms. The van der Waals surface area contributed by atoms with Gasteiger partial charge in [-0.1, -0.05) is 0 Å². The van der Waals surface area contributed by atoms with E-state index in [0.717, 1.165) is 12.3 Å². The highest BCUT2D eigenvalue weighted by Crippen LogP contribution is 2.38. The van der Waals surface area contributed by atoms with Crippen molar-refractivity contribution in [3.63, 3.8) is 0 Å². The van der Waals surface area contributed by atoms with Crippen molar-refractivity contribution >= 4 is 6.03 Å². The lowest BCUT2D eigenvalue weighted by Crippen LogP contribution is -2.41. The van der Waals surface area contributed by atoms with Gasteiger partial charge in [-0.05, 0) is 50.0 Å². The Labute approximate surface area is 83.9 Å². The zero-order valence-electron chi connectivity index (χ0n) is 8.31. The molecule has 0 heterocycles. The number of rotatable bonds is 2. The van der Waals surface area contributed by atoms with Gasteiger partial charge in [0.05, 0.1) is 0 Å². The van der Waals surface area contributed by atoms with Crippen molar-refractivity contribution in [1.29, 1.82) is 0 Å². The maximum absolute atomic E-state index is 10.5. The number of hydrogen-bond acceptors (Lipinski definition) is 2. The third-order valence-corrected chi connectivity index (χ3v) is 3.19. The van der Waals surface area contributed by atoms with Crippen molar-refractivity contribution in [2.45, 2.75) is 38.5 Å². The first-order valence-corrected chi connectivity index (χ1v) is 5.28. The van der Waals surface area contributed by atoms with Crippen LogP contribution in [-0.2, 0) is 0 Å². The molecule has 2 bridgehead atoms. The van der Waals surface area contributed by atoms with Gasteiger partial charge in [0.15, 0.2) is 0 Å². The van der Waals surface area contributed by atoms with Crippen LogP contribution in [0.15, 0.2) is 11.3 Å². The topological polar surface area (TPSA) is 67.2 Å². The van der Waals surface area contributed by atoms with E-state index in [-0.39, 0.29) is 0 Å². The maximum Gasteiger partial charge on any atom is 0.330 e. The molecule has 78 valence electrons. The van der Waals surface area contributed by atoms with Gasteiger partial charge in [-0.15, -0.1) is 0 Å². The highest BCUT2D eigenvalue weighted by atomic mass is 16.2. The second kappa shape index (κ2) is 3.90. The molecule has 0 saturated heterocycles. The van der Waals surface area contributed by atoms with E-state index in [1.54, 1.807) is 0 Å². The molecule has 2 amide bonds. The Kier molecular flexibility index (Phi) is 2.61. The molecule has 0 spiro atoms. The van der Waals surface area contributed by atoms with Gasteiger partial charge < -0.3 is 11.2 Å². The van der Waals surface area contributed by atoms with E-state index in [1.165, 1.54) is 43.4 Å². The summed E-state index contributed by atoms with van der Waals surface area (Å²) >= 11 is 0. The van der Waals surface area contributed by atoms with Crippen LogP contribution in [0.3, 0.4) is 0 Å². The third-order valence-electron chi connectivity index (χ3n) is 3.19. The molecule has 4 nitrogen and oxygen atoms in total. The second-order valence-corrected chi connectivity index (χ2v) is 4.20. The van der Waals surface area contributed by atoms with Gasteiger partial charge >= 0.3 is 6.03 Å². The highest BCUT2D eigenvalue weighted by molar-refractivity contribution is 5.71. The van der Waals surface area contributed by atoms with E-state index in [9.17, 15) is 4.79 Å². The van der Waals surface area contributed by atoms with E-state index >= 15 is 0 Å². The van der Waals surface area contributed by atoms with Crippen LogP contribution in [0.25, 0.3) is 0 Å². The Morgan fingerprint density at radius 3 is 3.00 bits per heavy atom. The SMILES string of the molecule is NC(=O)NNC1=C2CCCC(CC1)C2. The predicted molar refractivity (Wildman–Crippen MR) is 54.1 cm³/mol. The quantitative estimate of drug-likeness (QED) is 0.583. The number of urea groups is 1. The van der Waals surface area contributed by atoms with E-state index in [2.05, 4.69) is 10.9 Å². The van der Waals surface area contributed by atoms with Crippen LogP contribution >= 0.6 is 0 Å². The zero-order chi connectivity index (χ0) is 9.97. The van der Waals surface area contributed by atoms with Crippen molar-refractivity contribution in [1.82, 2.24) is 10.9 Å². The monoisotopic (exact) mass is 195 g/mol. The van der Waals surface area contributed by atoms with Crippen LogP contribution in [0.5, 0.6) is 0 Å². The largest absolute Gasteiger partial charge is 0.350 e. The van der Waals surface area contributed by atoms with E-state index in [1.807, 2.05) is 0 Å². The van der Waals surface area contributed by atoms with Crippen molar-refractivity contribution in [2.75, 3.05) is 0 Å². The van der Waals surface area contributed by atoms with E-state index < -0.39 is 6.03 Å². The second-order valence-electron chi connectivity index (χ2n) is 4.20. The number of primary amides is 1.